The minimum atomic E-state index is -0.633. The van der Waals surface area contributed by atoms with Gasteiger partial charge in [0, 0.05) is 17.5 Å². The summed E-state index contributed by atoms with van der Waals surface area (Å²) in [5.74, 6) is 0.170. The lowest BCUT2D eigenvalue weighted by molar-refractivity contribution is 0.0423. The van der Waals surface area contributed by atoms with Crippen molar-refractivity contribution >= 4 is 11.7 Å². The second-order valence-electron chi connectivity index (χ2n) is 4.70. The van der Waals surface area contributed by atoms with E-state index in [4.69, 9.17) is 9.26 Å². The number of aromatic nitrogens is 5. The Morgan fingerprint density at radius 3 is 2.76 bits per heavy atom. The fraction of sp³-hybridized carbons (Fsp3) is 0.308. The Hall–Kier alpha value is -2.77. The standard InChI is InChI=1S/C13H13N5O3/c1-7-4-9(3)18-13(14-7)15-11(16-18)12(19)20-6-10-5-8(2)17-21-10/h4-5H,6H2,1-3H3. The molecule has 0 radical (unpaired) electrons. The smallest absolute Gasteiger partial charge is 0.378 e. The molecule has 3 rings (SSSR count). The van der Waals surface area contributed by atoms with Crippen molar-refractivity contribution in [2.45, 2.75) is 27.4 Å². The van der Waals surface area contributed by atoms with Crippen LogP contribution in [-0.4, -0.2) is 30.7 Å². The fourth-order valence-corrected chi connectivity index (χ4v) is 1.94. The highest BCUT2D eigenvalue weighted by molar-refractivity contribution is 5.85. The summed E-state index contributed by atoms with van der Waals surface area (Å²) in [6.07, 6.45) is 0. The summed E-state index contributed by atoms with van der Waals surface area (Å²) in [5.41, 5.74) is 2.38. The maximum absolute atomic E-state index is 11.9. The number of hydrogen-bond acceptors (Lipinski definition) is 7. The Morgan fingerprint density at radius 2 is 2.05 bits per heavy atom. The molecule has 0 aliphatic heterocycles. The zero-order valence-corrected chi connectivity index (χ0v) is 11.8. The third-order valence-corrected chi connectivity index (χ3v) is 2.82. The topological polar surface area (TPSA) is 95.4 Å². The molecule has 0 saturated carbocycles. The first-order valence-electron chi connectivity index (χ1n) is 6.33. The third-order valence-electron chi connectivity index (χ3n) is 2.82. The highest BCUT2D eigenvalue weighted by Crippen LogP contribution is 2.08. The molecule has 0 bridgehead atoms. The summed E-state index contributed by atoms with van der Waals surface area (Å²) < 4.78 is 11.5. The molecule has 3 heterocycles. The monoisotopic (exact) mass is 287 g/mol. The van der Waals surface area contributed by atoms with E-state index in [9.17, 15) is 4.79 Å². The molecule has 108 valence electrons. The number of nitrogens with zero attached hydrogens (tertiary/aromatic N) is 5. The maximum Gasteiger partial charge on any atom is 0.378 e. The SMILES string of the molecule is Cc1cc(COC(=O)c2nc3nc(C)cc(C)n3n2)on1. The van der Waals surface area contributed by atoms with Crippen LogP contribution in [0.5, 0.6) is 0 Å². The van der Waals surface area contributed by atoms with E-state index in [1.54, 1.807) is 13.0 Å². The minimum Gasteiger partial charge on any atom is -0.451 e. The average molecular weight is 287 g/mol. The van der Waals surface area contributed by atoms with Crippen molar-refractivity contribution in [1.29, 1.82) is 0 Å². The molecule has 0 unspecified atom stereocenters. The van der Waals surface area contributed by atoms with Gasteiger partial charge in [-0.05, 0) is 26.8 Å². The Morgan fingerprint density at radius 1 is 1.24 bits per heavy atom. The summed E-state index contributed by atoms with van der Waals surface area (Å²) in [6, 6.07) is 3.55. The van der Waals surface area contributed by atoms with E-state index in [-0.39, 0.29) is 12.4 Å². The van der Waals surface area contributed by atoms with Gasteiger partial charge in [0.2, 0.25) is 0 Å². The van der Waals surface area contributed by atoms with E-state index in [2.05, 4.69) is 20.2 Å². The molecular formula is C13H13N5O3. The lowest BCUT2D eigenvalue weighted by atomic mass is 10.4. The molecule has 0 fully saturated rings. The number of hydrogen-bond donors (Lipinski definition) is 0. The summed E-state index contributed by atoms with van der Waals surface area (Å²) in [7, 11) is 0. The predicted molar refractivity (Wildman–Crippen MR) is 70.6 cm³/mol. The van der Waals surface area contributed by atoms with E-state index in [0.717, 1.165) is 17.1 Å². The number of aryl methyl sites for hydroxylation is 3. The van der Waals surface area contributed by atoms with Crippen molar-refractivity contribution in [2.75, 3.05) is 0 Å². The molecule has 0 aliphatic rings. The lowest BCUT2D eigenvalue weighted by Crippen LogP contribution is -2.07. The molecule has 3 aromatic heterocycles. The Balaban J connectivity index is 1.80. The Labute approximate surface area is 119 Å². The highest BCUT2D eigenvalue weighted by Gasteiger charge is 2.17. The molecule has 0 spiro atoms. The summed E-state index contributed by atoms with van der Waals surface area (Å²) in [6.45, 7) is 5.49. The molecule has 0 aromatic carbocycles. The van der Waals surface area contributed by atoms with Crippen LogP contribution in [0, 0.1) is 20.8 Å². The van der Waals surface area contributed by atoms with Crippen LogP contribution in [0.3, 0.4) is 0 Å². The van der Waals surface area contributed by atoms with E-state index >= 15 is 0 Å². The second-order valence-corrected chi connectivity index (χ2v) is 4.70. The van der Waals surface area contributed by atoms with Gasteiger partial charge in [0.15, 0.2) is 12.4 Å². The van der Waals surface area contributed by atoms with Crippen LogP contribution in [0.25, 0.3) is 5.78 Å². The lowest BCUT2D eigenvalue weighted by Gasteiger charge is -1.98. The molecule has 8 heteroatoms. The minimum absolute atomic E-state index is 0.0132. The molecule has 0 aliphatic carbocycles. The number of carbonyl (C=O) groups excluding carboxylic acids is 1. The van der Waals surface area contributed by atoms with Crippen LogP contribution < -0.4 is 0 Å². The number of ether oxygens (including phenoxy) is 1. The first-order chi connectivity index (χ1) is 10.0. The number of esters is 1. The van der Waals surface area contributed by atoms with Gasteiger partial charge in [0.25, 0.3) is 11.6 Å². The van der Waals surface area contributed by atoms with E-state index in [1.807, 2.05) is 19.9 Å². The zero-order chi connectivity index (χ0) is 15.0. The molecule has 21 heavy (non-hydrogen) atoms. The van der Waals surface area contributed by atoms with Crippen LogP contribution in [0.1, 0.15) is 33.5 Å². The summed E-state index contributed by atoms with van der Waals surface area (Å²) in [4.78, 5) is 20.2. The highest BCUT2D eigenvalue weighted by atomic mass is 16.5. The van der Waals surface area contributed by atoms with Crippen molar-refractivity contribution in [3.63, 3.8) is 0 Å². The van der Waals surface area contributed by atoms with Crippen molar-refractivity contribution in [1.82, 2.24) is 24.7 Å². The van der Waals surface area contributed by atoms with Gasteiger partial charge in [-0.3, -0.25) is 0 Å². The van der Waals surface area contributed by atoms with Crippen LogP contribution in [-0.2, 0) is 11.3 Å². The second kappa shape index (κ2) is 4.97. The zero-order valence-electron chi connectivity index (χ0n) is 11.8. The van der Waals surface area contributed by atoms with Crippen molar-refractivity contribution in [2.24, 2.45) is 0 Å². The van der Waals surface area contributed by atoms with E-state index in [0.29, 0.717) is 11.5 Å². The fourth-order valence-electron chi connectivity index (χ4n) is 1.94. The molecule has 3 aromatic rings. The first kappa shape index (κ1) is 13.2. The van der Waals surface area contributed by atoms with Crippen LogP contribution in [0.2, 0.25) is 0 Å². The van der Waals surface area contributed by atoms with Crippen LogP contribution in [0.4, 0.5) is 0 Å². The van der Waals surface area contributed by atoms with E-state index < -0.39 is 5.97 Å². The molecule has 0 atom stereocenters. The largest absolute Gasteiger partial charge is 0.451 e. The van der Waals surface area contributed by atoms with Gasteiger partial charge in [-0.15, -0.1) is 5.10 Å². The molecule has 0 saturated heterocycles. The number of carbonyl (C=O) groups is 1. The van der Waals surface area contributed by atoms with Crippen molar-refractivity contribution in [3.8, 4) is 0 Å². The van der Waals surface area contributed by atoms with Gasteiger partial charge in [-0.2, -0.15) is 4.98 Å². The van der Waals surface area contributed by atoms with Gasteiger partial charge < -0.3 is 9.26 Å². The van der Waals surface area contributed by atoms with E-state index in [1.165, 1.54) is 4.52 Å². The maximum atomic E-state index is 11.9. The summed E-state index contributed by atoms with van der Waals surface area (Å²) >= 11 is 0. The van der Waals surface area contributed by atoms with Gasteiger partial charge in [-0.1, -0.05) is 5.16 Å². The first-order valence-corrected chi connectivity index (χ1v) is 6.33. The third kappa shape index (κ3) is 2.60. The predicted octanol–water partition coefficient (Wildman–Crippen LogP) is 1.39. The number of rotatable bonds is 3. The van der Waals surface area contributed by atoms with Gasteiger partial charge in [-0.25, -0.2) is 14.3 Å². The molecule has 0 amide bonds. The molecular weight excluding hydrogens is 274 g/mol. The van der Waals surface area contributed by atoms with Gasteiger partial charge in [0.1, 0.15) is 0 Å². The average Bonchev–Trinajstić information content (AvgIpc) is 3.02. The Kier molecular flexibility index (Phi) is 3.13. The van der Waals surface area contributed by atoms with Gasteiger partial charge in [0.05, 0.1) is 5.69 Å². The number of fused-ring (bicyclic) bond motifs is 1. The Bertz CT molecular complexity index is 820. The van der Waals surface area contributed by atoms with Crippen LogP contribution >= 0.6 is 0 Å². The van der Waals surface area contributed by atoms with Gasteiger partial charge >= 0.3 is 5.97 Å². The normalized spacial score (nSPS) is 11.0. The van der Waals surface area contributed by atoms with Crippen molar-refractivity contribution < 1.29 is 14.1 Å². The summed E-state index contributed by atoms with van der Waals surface area (Å²) in [5, 5.41) is 7.80. The van der Waals surface area contributed by atoms with Crippen LogP contribution in [0.15, 0.2) is 16.7 Å². The quantitative estimate of drug-likeness (QED) is 0.672. The molecule has 8 nitrogen and oxygen atoms in total. The molecule has 0 N–H and O–H groups in total. The van der Waals surface area contributed by atoms with Crippen molar-refractivity contribution in [3.05, 3.63) is 40.8 Å².